The molecular formula is C20H26N6O3. The summed E-state index contributed by atoms with van der Waals surface area (Å²) in [6, 6.07) is 1.79. The SMILES string of the molecule is CC(C)Cn1c(=O)[nH]c(=O)c2c(-c3nc(C4(N)CCC4)no3)cc(C(C)C)nc21. The highest BCUT2D eigenvalue weighted by atomic mass is 16.5. The average Bonchev–Trinajstić information content (AvgIpc) is 3.12. The number of nitrogens with two attached hydrogens (primary N) is 1. The van der Waals surface area contributed by atoms with E-state index in [0.29, 0.717) is 23.6 Å². The molecule has 1 aliphatic carbocycles. The molecule has 29 heavy (non-hydrogen) atoms. The Hall–Kier alpha value is -2.81. The van der Waals surface area contributed by atoms with Crippen LogP contribution in [0.5, 0.6) is 0 Å². The maximum absolute atomic E-state index is 12.8. The zero-order valence-electron chi connectivity index (χ0n) is 17.2. The van der Waals surface area contributed by atoms with Crippen LogP contribution in [0.25, 0.3) is 22.5 Å². The molecule has 0 bridgehead atoms. The lowest BCUT2D eigenvalue weighted by Crippen LogP contribution is -2.44. The summed E-state index contributed by atoms with van der Waals surface area (Å²) >= 11 is 0. The number of hydrogen-bond acceptors (Lipinski definition) is 7. The molecule has 1 saturated carbocycles. The zero-order valence-corrected chi connectivity index (χ0v) is 17.2. The van der Waals surface area contributed by atoms with Crippen LogP contribution in [-0.2, 0) is 12.1 Å². The highest BCUT2D eigenvalue weighted by molar-refractivity contribution is 5.90. The number of pyridine rings is 1. The summed E-state index contributed by atoms with van der Waals surface area (Å²) in [7, 11) is 0. The van der Waals surface area contributed by atoms with Gasteiger partial charge in [-0.2, -0.15) is 4.98 Å². The van der Waals surface area contributed by atoms with Gasteiger partial charge in [-0.15, -0.1) is 0 Å². The van der Waals surface area contributed by atoms with Crippen molar-refractivity contribution in [1.82, 2.24) is 24.7 Å². The van der Waals surface area contributed by atoms with Crippen LogP contribution in [0.2, 0.25) is 0 Å². The minimum Gasteiger partial charge on any atom is -0.334 e. The minimum atomic E-state index is -0.572. The third-order valence-electron chi connectivity index (χ3n) is 5.46. The first-order valence-corrected chi connectivity index (χ1v) is 10.0. The fourth-order valence-corrected chi connectivity index (χ4v) is 3.61. The summed E-state index contributed by atoms with van der Waals surface area (Å²) in [6.07, 6.45) is 2.63. The van der Waals surface area contributed by atoms with E-state index in [0.717, 1.165) is 25.0 Å². The molecule has 1 fully saturated rings. The van der Waals surface area contributed by atoms with Crippen LogP contribution < -0.4 is 17.0 Å². The molecule has 0 saturated heterocycles. The van der Waals surface area contributed by atoms with Gasteiger partial charge in [0.2, 0.25) is 0 Å². The summed E-state index contributed by atoms with van der Waals surface area (Å²) in [5.74, 6) is 0.934. The lowest BCUT2D eigenvalue weighted by Gasteiger charge is -2.34. The van der Waals surface area contributed by atoms with Crippen molar-refractivity contribution in [2.45, 2.75) is 65.0 Å². The summed E-state index contributed by atoms with van der Waals surface area (Å²) in [4.78, 5) is 36.8. The van der Waals surface area contributed by atoms with Crippen LogP contribution in [0.15, 0.2) is 20.2 Å². The van der Waals surface area contributed by atoms with Crippen molar-refractivity contribution in [3.63, 3.8) is 0 Å². The first-order valence-electron chi connectivity index (χ1n) is 10.0. The van der Waals surface area contributed by atoms with Crippen molar-refractivity contribution in [3.8, 4) is 11.5 Å². The predicted molar refractivity (Wildman–Crippen MR) is 109 cm³/mol. The first-order chi connectivity index (χ1) is 13.7. The van der Waals surface area contributed by atoms with Crippen LogP contribution in [0.3, 0.4) is 0 Å². The van der Waals surface area contributed by atoms with Gasteiger partial charge >= 0.3 is 5.69 Å². The maximum atomic E-state index is 12.8. The minimum absolute atomic E-state index is 0.0786. The zero-order chi connectivity index (χ0) is 20.9. The van der Waals surface area contributed by atoms with Crippen LogP contribution in [0, 0.1) is 5.92 Å². The predicted octanol–water partition coefficient (Wildman–Crippen LogP) is 2.25. The molecule has 3 aromatic heterocycles. The van der Waals surface area contributed by atoms with Crippen molar-refractivity contribution in [3.05, 3.63) is 38.4 Å². The van der Waals surface area contributed by atoms with Gasteiger partial charge in [-0.25, -0.2) is 9.78 Å². The van der Waals surface area contributed by atoms with Gasteiger partial charge in [-0.05, 0) is 37.2 Å². The Balaban J connectivity index is 2.00. The third kappa shape index (κ3) is 3.29. The van der Waals surface area contributed by atoms with Gasteiger partial charge in [0.05, 0.1) is 16.5 Å². The highest BCUT2D eigenvalue weighted by Crippen LogP contribution is 2.38. The van der Waals surface area contributed by atoms with E-state index in [1.54, 1.807) is 6.07 Å². The molecule has 0 aromatic carbocycles. The van der Waals surface area contributed by atoms with Gasteiger partial charge in [0.15, 0.2) is 11.5 Å². The standard InChI is InChI=1S/C20H26N6O3/c1-10(2)9-26-15-14(16(27)23-19(26)28)12(8-13(22-15)11(3)4)17-24-18(25-29-17)20(21)6-5-7-20/h8,10-11H,5-7,9,21H2,1-4H3,(H,23,27,28). The number of hydrogen-bond donors (Lipinski definition) is 2. The Morgan fingerprint density at radius 2 is 1.97 bits per heavy atom. The van der Waals surface area contributed by atoms with Gasteiger partial charge in [0.25, 0.3) is 11.4 Å². The second-order valence-electron chi connectivity index (χ2n) is 8.64. The van der Waals surface area contributed by atoms with Gasteiger partial charge < -0.3 is 10.3 Å². The molecule has 4 rings (SSSR count). The van der Waals surface area contributed by atoms with E-state index in [-0.39, 0.29) is 23.1 Å². The molecule has 1 aliphatic rings. The Morgan fingerprint density at radius 3 is 2.55 bits per heavy atom. The molecular weight excluding hydrogens is 372 g/mol. The van der Waals surface area contributed by atoms with E-state index in [1.807, 2.05) is 27.7 Å². The molecule has 0 unspecified atom stereocenters. The Bertz CT molecular complexity index is 1180. The molecule has 9 nitrogen and oxygen atoms in total. The van der Waals surface area contributed by atoms with Gasteiger partial charge in [-0.1, -0.05) is 32.9 Å². The van der Waals surface area contributed by atoms with Crippen molar-refractivity contribution in [2.75, 3.05) is 0 Å². The molecule has 0 radical (unpaired) electrons. The number of nitrogens with one attached hydrogen (secondary N) is 1. The van der Waals surface area contributed by atoms with Crippen molar-refractivity contribution in [2.24, 2.45) is 11.7 Å². The second-order valence-corrected chi connectivity index (χ2v) is 8.64. The Kier molecular flexibility index (Phi) is 4.65. The van der Waals surface area contributed by atoms with Crippen molar-refractivity contribution >= 4 is 11.0 Å². The lowest BCUT2D eigenvalue weighted by molar-refractivity contribution is 0.229. The monoisotopic (exact) mass is 398 g/mol. The van der Waals surface area contributed by atoms with E-state index in [1.165, 1.54) is 4.57 Å². The van der Waals surface area contributed by atoms with E-state index < -0.39 is 16.8 Å². The van der Waals surface area contributed by atoms with Crippen LogP contribution in [0.1, 0.15) is 64.4 Å². The van der Waals surface area contributed by atoms with Crippen molar-refractivity contribution in [1.29, 1.82) is 0 Å². The maximum Gasteiger partial charge on any atom is 0.330 e. The van der Waals surface area contributed by atoms with Crippen molar-refractivity contribution < 1.29 is 4.52 Å². The number of aromatic amines is 1. The molecule has 0 spiro atoms. The third-order valence-corrected chi connectivity index (χ3v) is 5.46. The summed E-state index contributed by atoms with van der Waals surface area (Å²) in [6.45, 7) is 8.43. The number of aromatic nitrogens is 5. The number of nitrogens with zero attached hydrogens (tertiary/aromatic N) is 4. The summed E-state index contributed by atoms with van der Waals surface area (Å²) in [5, 5.41) is 4.34. The van der Waals surface area contributed by atoms with Gasteiger partial charge in [0.1, 0.15) is 0 Å². The van der Waals surface area contributed by atoms with E-state index in [9.17, 15) is 9.59 Å². The highest BCUT2D eigenvalue weighted by Gasteiger charge is 2.39. The van der Waals surface area contributed by atoms with E-state index in [4.69, 9.17) is 10.3 Å². The Morgan fingerprint density at radius 1 is 1.24 bits per heavy atom. The molecule has 0 atom stereocenters. The van der Waals surface area contributed by atoms with Crippen LogP contribution in [0.4, 0.5) is 0 Å². The fourth-order valence-electron chi connectivity index (χ4n) is 3.61. The molecule has 9 heteroatoms. The van der Waals surface area contributed by atoms with Gasteiger partial charge in [-0.3, -0.25) is 14.3 Å². The van der Waals surface area contributed by atoms with E-state index >= 15 is 0 Å². The molecule has 0 aliphatic heterocycles. The number of rotatable bonds is 5. The quantitative estimate of drug-likeness (QED) is 0.673. The normalized spacial score (nSPS) is 16.0. The number of H-pyrrole nitrogens is 1. The molecule has 3 heterocycles. The second kappa shape index (κ2) is 6.91. The first kappa shape index (κ1) is 19.5. The van der Waals surface area contributed by atoms with Gasteiger partial charge in [0, 0.05) is 12.2 Å². The largest absolute Gasteiger partial charge is 0.334 e. The van der Waals surface area contributed by atoms with Crippen LogP contribution >= 0.6 is 0 Å². The molecule has 154 valence electrons. The smallest absolute Gasteiger partial charge is 0.330 e. The molecule has 3 N–H and O–H groups in total. The van der Waals surface area contributed by atoms with E-state index in [2.05, 4.69) is 20.1 Å². The molecule has 0 amide bonds. The average molecular weight is 398 g/mol. The van der Waals surface area contributed by atoms with Crippen LogP contribution in [-0.4, -0.2) is 24.7 Å². The molecule has 3 aromatic rings. The topological polar surface area (TPSA) is 133 Å². The fraction of sp³-hybridized carbons (Fsp3) is 0.550. The number of fused-ring (bicyclic) bond motifs is 1. The summed E-state index contributed by atoms with van der Waals surface area (Å²) in [5.41, 5.74) is 6.30. The summed E-state index contributed by atoms with van der Waals surface area (Å²) < 4.78 is 7.02. The lowest BCUT2D eigenvalue weighted by atomic mass is 9.77. The Labute approximate surface area is 167 Å².